The van der Waals surface area contributed by atoms with Crippen molar-refractivity contribution in [3.63, 3.8) is 0 Å². The quantitative estimate of drug-likeness (QED) is 0.551. The van der Waals surface area contributed by atoms with E-state index in [9.17, 15) is 9.59 Å². The van der Waals surface area contributed by atoms with Crippen LogP contribution in [0.1, 0.15) is 22.5 Å². The topological polar surface area (TPSA) is 56.3 Å². The molecule has 1 rings (SSSR count). The van der Waals surface area contributed by atoms with Gasteiger partial charge in [0, 0.05) is 12.6 Å². The van der Waals surface area contributed by atoms with Gasteiger partial charge in [0.2, 0.25) is 0 Å². The Kier molecular flexibility index (Phi) is 4.22. The third kappa shape index (κ3) is 3.34. The van der Waals surface area contributed by atoms with Crippen LogP contribution in [0.15, 0.2) is 24.4 Å². The fourth-order valence-electron chi connectivity index (χ4n) is 1.03. The number of allylic oxidation sites excluding steroid dienone is 1. The minimum atomic E-state index is -0.401. The minimum Gasteiger partial charge on any atom is -0.465 e. The van der Waals surface area contributed by atoms with Gasteiger partial charge in [-0.1, -0.05) is 6.08 Å². The molecular weight excluding hydrogens is 194 g/mol. The van der Waals surface area contributed by atoms with Crippen LogP contribution in [0.3, 0.4) is 0 Å². The van der Waals surface area contributed by atoms with Gasteiger partial charge in [-0.15, -0.1) is 0 Å². The maximum Gasteiger partial charge on any atom is 0.337 e. The van der Waals surface area contributed by atoms with Crippen LogP contribution in [-0.4, -0.2) is 24.3 Å². The molecule has 0 fully saturated rings. The number of nitrogens with zero attached hydrogens (tertiary/aromatic N) is 1. The average molecular weight is 205 g/mol. The van der Waals surface area contributed by atoms with Crippen molar-refractivity contribution in [3.8, 4) is 0 Å². The van der Waals surface area contributed by atoms with Gasteiger partial charge in [-0.05, 0) is 18.2 Å². The summed E-state index contributed by atoms with van der Waals surface area (Å²) in [6, 6.07) is 3.18. The van der Waals surface area contributed by atoms with Gasteiger partial charge >= 0.3 is 5.97 Å². The van der Waals surface area contributed by atoms with Crippen molar-refractivity contribution in [2.24, 2.45) is 0 Å². The summed E-state index contributed by atoms with van der Waals surface area (Å²) >= 11 is 0. The molecule has 0 amide bonds. The second kappa shape index (κ2) is 5.70. The summed E-state index contributed by atoms with van der Waals surface area (Å²) in [5, 5.41) is 0. The van der Waals surface area contributed by atoms with E-state index in [0.29, 0.717) is 17.7 Å². The van der Waals surface area contributed by atoms with Gasteiger partial charge in [0.1, 0.15) is 6.29 Å². The smallest absolute Gasteiger partial charge is 0.337 e. The van der Waals surface area contributed by atoms with E-state index in [1.807, 2.05) is 0 Å². The number of hydrogen-bond donors (Lipinski definition) is 0. The molecule has 1 aromatic heterocycles. The highest BCUT2D eigenvalue weighted by Crippen LogP contribution is 2.05. The SMILES string of the molecule is COC(=O)c1ccnc(C=CCC=O)c1. The van der Waals surface area contributed by atoms with E-state index in [4.69, 9.17) is 0 Å². The molecule has 0 aliphatic heterocycles. The lowest BCUT2D eigenvalue weighted by molar-refractivity contribution is -0.107. The number of aromatic nitrogens is 1. The Labute approximate surface area is 87.6 Å². The monoisotopic (exact) mass is 205 g/mol. The molecule has 0 bridgehead atoms. The summed E-state index contributed by atoms with van der Waals surface area (Å²) in [5.74, 6) is -0.401. The van der Waals surface area contributed by atoms with E-state index < -0.39 is 5.97 Å². The molecule has 0 aliphatic carbocycles. The molecular formula is C11H11NO3. The van der Waals surface area contributed by atoms with Crippen LogP contribution in [0.2, 0.25) is 0 Å². The number of esters is 1. The van der Waals surface area contributed by atoms with Crippen molar-refractivity contribution >= 4 is 18.3 Å². The highest BCUT2D eigenvalue weighted by Gasteiger charge is 2.04. The van der Waals surface area contributed by atoms with Crippen LogP contribution in [0.5, 0.6) is 0 Å². The van der Waals surface area contributed by atoms with Crippen molar-refractivity contribution in [1.82, 2.24) is 4.98 Å². The first-order valence-corrected chi connectivity index (χ1v) is 4.42. The largest absolute Gasteiger partial charge is 0.465 e. The number of methoxy groups -OCH3 is 1. The van der Waals surface area contributed by atoms with Crippen LogP contribution in [0.4, 0.5) is 0 Å². The van der Waals surface area contributed by atoms with Crippen molar-refractivity contribution < 1.29 is 14.3 Å². The standard InChI is InChI=1S/C11H11NO3/c1-15-11(14)9-5-6-12-10(8-9)4-2-3-7-13/h2,4-8H,3H2,1H3. The van der Waals surface area contributed by atoms with Crippen LogP contribution in [0.25, 0.3) is 6.08 Å². The van der Waals surface area contributed by atoms with E-state index in [0.717, 1.165) is 6.29 Å². The summed E-state index contributed by atoms with van der Waals surface area (Å²) in [7, 11) is 1.32. The van der Waals surface area contributed by atoms with Crippen LogP contribution >= 0.6 is 0 Å². The molecule has 0 N–H and O–H groups in total. The van der Waals surface area contributed by atoms with Crippen molar-refractivity contribution in [3.05, 3.63) is 35.7 Å². The second-order valence-electron chi connectivity index (χ2n) is 2.77. The highest BCUT2D eigenvalue weighted by molar-refractivity contribution is 5.89. The van der Waals surface area contributed by atoms with Gasteiger partial charge in [0.25, 0.3) is 0 Å². The Morgan fingerprint density at radius 3 is 3.07 bits per heavy atom. The number of carbonyl (C=O) groups is 2. The molecule has 78 valence electrons. The Morgan fingerprint density at radius 1 is 1.60 bits per heavy atom. The first-order chi connectivity index (χ1) is 7.27. The van der Waals surface area contributed by atoms with Gasteiger partial charge in [-0.2, -0.15) is 0 Å². The summed E-state index contributed by atoms with van der Waals surface area (Å²) < 4.78 is 4.57. The fraction of sp³-hybridized carbons (Fsp3) is 0.182. The minimum absolute atomic E-state index is 0.337. The first kappa shape index (κ1) is 11.1. The highest BCUT2D eigenvalue weighted by atomic mass is 16.5. The Bertz CT molecular complexity index is 385. The van der Waals surface area contributed by atoms with Gasteiger partial charge in [0.15, 0.2) is 0 Å². The number of hydrogen-bond acceptors (Lipinski definition) is 4. The Hall–Kier alpha value is -1.97. The predicted molar refractivity (Wildman–Crippen MR) is 55.3 cm³/mol. The molecule has 0 unspecified atom stereocenters. The van der Waals surface area contributed by atoms with Crippen molar-refractivity contribution in [1.29, 1.82) is 0 Å². The molecule has 1 aromatic rings. The molecule has 0 aromatic carbocycles. The molecule has 0 spiro atoms. The summed E-state index contributed by atoms with van der Waals surface area (Å²) in [6.45, 7) is 0. The van der Waals surface area contributed by atoms with Gasteiger partial charge in [0.05, 0.1) is 18.4 Å². The zero-order chi connectivity index (χ0) is 11.1. The maximum absolute atomic E-state index is 11.2. The number of rotatable bonds is 4. The number of carbonyl (C=O) groups excluding carboxylic acids is 2. The van der Waals surface area contributed by atoms with E-state index >= 15 is 0 Å². The van der Waals surface area contributed by atoms with Crippen LogP contribution < -0.4 is 0 Å². The molecule has 1 heterocycles. The van der Waals surface area contributed by atoms with Crippen LogP contribution in [-0.2, 0) is 9.53 Å². The normalized spacial score (nSPS) is 10.2. The average Bonchev–Trinajstić information content (AvgIpc) is 2.29. The number of ether oxygens (including phenoxy) is 1. The molecule has 0 aliphatic rings. The fourth-order valence-corrected chi connectivity index (χ4v) is 1.03. The van der Waals surface area contributed by atoms with E-state index in [-0.39, 0.29) is 0 Å². The zero-order valence-corrected chi connectivity index (χ0v) is 8.34. The summed E-state index contributed by atoms with van der Waals surface area (Å²) in [6.07, 6.45) is 6.01. The maximum atomic E-state index is 11.2. The van der Waals surface area contributed by atoms with Crippen molar-refractivity contribution in [2.75, 3.05) is 7.11 Å². The molecule has 4 heteroatoms. The first-order valence-electron chi connectivity index (χ1n) is 4.42. The summed E-state index contributed by atoms with van der Waals surface area (Å²) in [4.78, 5) is 25.3. The molecule has 0 radical (unpaired) electrons. The number of pyridine rings is 1. The van der Waals surface area contributed by atoms with E-state index in [1.165, 1.54) is 13.3 Å². The Balaban J connectivity index is 2.82. The summed E-state index contributed by atoms with van der Waals surface area (Å²) in [5.41, 5.74) is 1.07. The second-order valence-corrected chi connectivity index (χ2v) is 2.77. The molecule has 0 saturated heterocycles. The molecule has 0 saturated carbocycles. The predicted octanol–water partition coefficient (Wildman–Crippen LogP) is 1.47. The lowest BCUT2D eigenvalue weighted by Gasteiger charge is -1.99. The van der Waals surface area contributed by atoms with Gasteiger partial charge < -0.3 is 9.53 Å². The third-order valence-electron chi connectivity index (χ3n) is 1.72. The zero-order valence-electron chi connectivity index (χ0n) is 8.34. The van der Waals surface area contributed by atoms with Crippen molar-refractivity contribution in [2.45, 2.75) is 6.42 Å². The van der Waals surface area contributed by atoms with Gasteiger partial charge in [-0.25, -0.2) is 4.79 Å². The van der Waals surface area contributed by atoms with E-state index in [1.54, 1.807) is 24.3 Å². The molecule has 15 heavy (non-hydrogen) atoms. The lowest BCUT2D eigenvalue weighted by atomic mass is 10.2. The molecule has 4 nitrogen and oxygen atoms in total. The number of aldehydes is 1. The van der Waals surface area contributed by atoms with Gasteiger partial charge in [-0.3, -0.25) is 4.98 Å². The Morgan fingerprint density at radius 2 is 2.40 bits per heavy atom. The van der Waals surface area contributed by atoms with E-state index in [2.05, 4.69) is 9.72 Å². The lowest BCUT2D eigenvalue weighted by Crippen LogP contribution is -2.01. The third-order valence-corrected chi connectivity index (χ3v) is 1.72. The molecule has 0 atom stereocenters. The van der Waals surface area contributed by atoms with Crippen LogP contribution in [0, 0.1) is 0 Å².